The number of aliphatic hydroxyl groups excluding tert-OH is 1. The van der Waals surface area contributed by atoms with E-state index in [0.717, 1.165) is 47.8 Å². The second-order valence-corrected chi connectivity index (χ2v) is 6.40. The summed E-state index contributed by atoms with van der Waals surface area (Å²) in [6.45, 7) is 0. The van der Waals surface area contributed by atoms with Gasteiger partial charge < -0.3 is 15.6 Å². The highest BCUT2D eigenvalue weighted by Gasteiger charge is 2.48. The van der Waals surface area contributed by atoms with Crippen molar-refractivity contribution in [3.63, 3.8) is 0 Å². The zero-order chi connectivity index (χ0) is 14.4. The minimum atomic E-state index is -0.655. The molecule has 2 unspecified atom stereocenters. The molecule has 2 aromatic rings. The van der Waals surface area contributed by atoms with Gasteiger partial charge in [-0.1, -0.05) is 36.8 Å². The van der Waals surface area contributed by atoms with Crippen molar-refractivity contribution < 1.29 is 9.84 Å². The smallest absolute Gasteiger partial charge is 0.127 e. The number of fused-ring (bicyclic) bond motifs is 3. The van der Waals surface area contributed by atoms with E-state index >= 15 is 0 Å². The summed E-state index contributed by atoms with van der Waals surface area (Å²) in [5, 5.41) is 13.0. The molecule has 21 heavy (non-hydrogen) atoms. The van der Waals surface area contributed by atoms with Crippen LogP contribution in [0.4, 0.5) is 0 Å². The third kappa shape index (κ3) is 1.88. The van der Waals surface area contributed by atoms with Crippen molar-refractivity contribution in [2.24, 2.45) is 5.73 Å². The molecular formula is C18H21NO2. The van der Waals surface area contributed by atoms with Crippen molar-refractivity contribution in [2.45, 2.75) is 49.9 Å². The summed E-state index contributed by atoms with van der Waals surface area (Å²) in [5.74, 6) is 0.810. The maximum Gasteiger partial charge on any atom is 0.127 e. The van der Waals surface area contributed by atoms with E-state index in [1.165, 1.54) is 6.42 Å². The molecule has 110 valence electrons. The maximum absolute atomic E-state index is 10.8. The van der Waals surface area contributed by atoms with E-state index in [9.17, 15) is 5.11 Å². The van der Waals surface area contributed by atoms with Gasteiger partial charge in [-0.2, -0.15) is 0 Å². The topological polar surface area (TPSA) is 55.5 Å². The molecule has 1 aliphatic heterocycles. The summed E-state index contributed by atoms with van der Waals surface area (Å²) >= 11 is 0. The predicted octanol–water partition coefficient (Wildman–Crippen LogP) is 3.30. The highest BCUT2D eigenvalue weighted by molar-refractivity contribution is 5.88. The lowest BCUT2D eigenvalue weighted by molar-refractivity contribution is -0.0574. The monoisotopic (exact) mass is 283 g/mol. The molecule has 2 aliphatic rings. The van der Waals surface area contributed by atoms with Gasteiger partial charge in [0.2, 0.25) is 0 Å². The van der Waals surface area contributed by atoms with E-state index in [2.05, 4.69) is 12.1 Å². The van der Waals surface area contributed by atoms with Gasteiger partial charge in [-0.25, -0.2) is 0 Å². The molecule has 1 saturated carbocycles. The van der Waals surface area contributed by atoms with Gasteiger partial charge in [0, 0.05) is 5.56 Å². The normalized spacial score (nSPS) is 27.3. The first-order valence-electron chi connectivity index (χ1n) is 7.86. The molecule has 0 aromatic heterocycles. The Kier molecular flexibility index (Phi) is 2.95. The Morgan fingerprint density at radius 2 is 1.81 bits per heavy atom. The van der Waals surface area contributed by atoms with Crippen LogP contribution in [0.2, 0.25) is 0 Å². The lowest BCUT2D eigenvalue weighted by atomic mass is 9.74. The molecule has 0 radical (unpaired) electrons. The molecule has 1 fully saturated rings. The van der Waals surface area contributed by atoms with Crippen molar-refractivity contribution in [2.75, 3.05) is 0 Å². The van der Waals surface area contributed by atoms with Gasteiger partial charge >= 0.3 is 0 Å². The van der Waals surface area contributed by atoms with Crippen LogP contribution >= 0.6 is 0 Å². The molecular weight excluding hydrogens is 262 g/mol. The quantitative estimate of drug-likeness (QED) is 0.780. The summed E-state index contributed by atoms with van der Waals surface area (Å²) in [6.07, 6.45) is 4.72. The molecule has 1 aliphatic carbocycles. The van der Waals surface area contributed by atoms with E-state index in [4.69, 9.17) is 10.5 Å². The summed E-state index contributed by atoms with van der Waals surface area (Å²) in [4.78, 5) is 0. The Labute approximate surface area is 124 Å². The zero-order valence-electron chi connectivity index (χ0n) is 12.1. The lowest BCUT2D eigenvalue weighted by Crippen LogP contribution is -2.58. The molecule has 1 spiro atoms. The van der Waals surface area contributed by atoms with Crippen LogP contribution in [0.1, 0.15) is 43.8 Å². The van der Waals surface area contributed by atoms with Crippen LogP contribution in [0.3, 0.4) is 0 Å². The summed E-state index contributed by atoms with van der Waals surface area (Å²) in [7, 11) is 0. The Balaban J connectivity index is 1.88. The molecule has 2 atom stereocenters. The fourth-order valence-corrected chi connectivity index (χ4v) is 4.01. The molecule has 0 bridgehead atoms. The molecule has 3 heteroatoms. The number of rotatable bonds is 0. The van der Waals surface area contributed by atoms with Gasteiger partial charge in [-0.3, -0.25) is 0 Å². The summed E-state index contributed by atoms with van der Waals surface area (Å²) in [6, 6.07) is 11.8. The van der Waals surface area contributed by atoms with E-state index in [1.54, 1.807) is 0 Å². The van der Waals surface area contributed by atoms with Crippen LogP contribution in [0.25, 0.3) is 10.8 Å². The number of benzene rings is 2. The third-order valence-electron chi connectivity index (χ3n) is 5.19. The fourth-order valence-electron chi connectivity index (χ4n) is 4.01. The van der Waals surface area contributed by atoms with Gasteiger partial charge in [0.1, 0.15) is 17.5 Å². The van der Waals surface area contributed by atoms with Crippen LogP contribution in [-0.2, 0) is 0 Å². The maximum atomic E-state index is 10.8. The first-order valence-corrected chi connectivity index (χ1v) is 7.86. The average Bonchev–Trinajstić information content (AvgIpc) is 2.53. The highest BCUT2D eigenvalue weighted by Crippen LogP contribution is 2.47. The minimum Gasteiger partial charge on any atom is -0.485 e. The Bertz CT molecular complexity index is 676. The summed E-state index contributed by atoms with van der Waals surface area (Å²) < 4.78 is 6.37. The van der Waals surface area contributed by atoms with Gasteiger partial charge in [-0.05, 0) is 42.5 Å². The number of hydrogen-bond acceptors (Lipinski definition) is 3. The SMILES string of the molecule is NC1C(O)c2c(ccc3ccccc23)OC12CCCCC2. The minimum absolute atomic E-state index is 0.351. The van der Waals surface area contributed by atoms with Crippen molar-refractivity contribution >= 4 is 10.8 Å². The molecule has 2 aromatic carbocycles. The number of hydrogen-bond donors (Lipinski definition) is 2. The standard InChI is InChI=1S/C18H21NO2/c19-17-16(20)15-13-7-3-2-6-12(13)8-9-14(15)21-18(17)10-4-1-5-11-18/h2-3,6-9,16-17,20H,1,4-5,10-11,19H2. The van der Waals surface area contributed by atoms with Crippen LogP contribution < -0.4 is 10.5 Å². The second kappa shape index (κ2) is 4.72. The molecule has 4 rings (SSSR count). The van der Waals surface area contributed by atoms with Gasteiger partial charge in [0.25, 0.3) is 0 Å². The van der Waals surface area contributed by atoms with Crippen molar-refractivity contribution in [1.82, 2.24) is 0 Å². The molecule has 0 amide bonds. The fraction of sp³-hybridized carbons (Fsp3) is 0.444. The van der Waals surface area contributed by atoms with E-state index in [0.29, 0.717) is 0 Å². The molecule has 0 saturated heterocycles. The van der Waals surface area contributed by atoms with Crippen LogP contribution in [0.15, 0.2) is 36.4 Å². The average molecular weight is 283 g/mol. The third-order valence-corrected chi connectivity index (χ3v) is 5.19. The zero-order valence-corrected chi connectivity index (χ0v) is 12.1. The van der Waals surface area contributed by atoms with Gasteiger partial charge in [0.05, 0.1) is 6.04 Å². The number of ether oxygens (including phenoxy) is 1. The summed E-state index contributed by atoms with van der Waals surface area (Å²) in [5.41, 5.74) is 6.90. The predicted molar refractivity (Wildman–Crippen MR) is 83.3 cm³/mol. The Hall–Kier alpha value is -1.58. The van der Waals surface area contributed by atoms with E-state index in [1.807, 2.05) is 24.3 Å². The number of nitrogens with two attached hydrogens (primary N) is 1. The highest BCUT2D eigenvalue weighted by atomic mass is 16.5. The first-order chi connectivity index (χ1) is 10.2. The van der Waals surface area contributed by atoms with E-state index in [-0.39, 0.29) is 11.6 Å². The van der Waals surface area contributed by atoms with Crippen molar-refractivity contribution in [3.8, 4) is 5.75 Å². The van der Waals surface area contributed by atoms with Crippen molar-refractivity contribution in [3.05, 3.63) is 42.0 Å². The van der Waals surface area contributed by atoms with Gasteiger partial charge in [-0.15, -0.1) is 0 Å². The Morgan fingerprint density at radius 1 is 1.05 bits per heavy atom. The molecule has 1 heterocycles. The molecule has 3 nitrogen and oxygen atoms in total. The number of aliphatic hydroxyl groups is 1. The van der Waals surface area contributed by atoms with E-state index < -0.39 is 6.10 Å². The Morgan fingerprint density at radius 3 is 2.62 bits per heavy atom. The van der Waals surface area contributed by atoms with Crippen LogP contribution in [-0.4, -0.2) is 16.7 Å². The first kappa shape index (κ1) is 13.1. The van der Waals surface area contributed by atoms with Crippen LogP contribution in [0.5, 0.6) is 5.75 Å². The molecule has 3 N–H and O–H groups in total. The van der Waals surface area contributed by atoms with Crippen molar-refractivity contribution in [1.29, 1.82) is 0 Å². The van der Waals surface area contributed by atoms with Crippen LogP contribution in [0, 0.1) is 0 Å². The van der Waals surface area contributed by atoms with Gasteiger partial charge in [0.15, 0.2) is 0 Å². The largest absolute Gasteiger partial charge is 0.485 e. The lowest BCUT2D eigenvalue weighted by Gasteiger charge is -2.47. The second-order valence-electron chi connectivity index (χ2n) is 6.40.